The molecule has 3 rings (SSSR count). The zero-order valence-electron chi connectivity index (χ0n) is 13.1. The highest BCUT2D eigenvalue weighted by molar-refractivity contribution is 5.96. The van der Waals surface area contributed by atoms with Crippen LogP contribution in [-0.4, -0.2) is 25.1 Å². The van der Waals surface area contributed by atoms with Crippen molar-refractivity contribution < 1.29 is 9.53 Å². The van der Waals surface area contributed by atoms with E-state index in [2.05, 4.69) is 10.6 Å². The van der Waals surface area contributed by atoms with Gasteiger partial charge in [0.05, 0.1) is 5.56 Å². The van der Waals surface area contributed by atoms with Crippen molar-refractivity contribution in [3.05, 3.63) is 65.7 Å². The number of nitrogens with one attached hydrogen (secondary N) is 2. The predicted octanol–water partition coefficient (Wildman–Crippen LogP) is 2.75. The number of ether oxygens (including phenoxy) is 1. The van der Waals surface area contributed by atoms with Gasteiger partial charge in [0.2, 0.25) is 0 Å². The summed E-state index contributed by atoms with van der Waals surface area (Å²) < 4.78 is 6.06. The van der Waals surface area contributed by atoms with E-state index in [0.717, 1.165) is 31.5 Å². The number of hydrogen-bond acceptors (Lipinski definition) is 3. The summed E-state index contributed by atoms with van der Waals surface area (Å²) in [6, 6.07) is 17.4. The fourth-order valence-electron chi connectivity index (χ4n) is 2.72. The van der Waals surface area contributed by atoms with Crippen molar-refractivity contribution in [1.82, 2.24) is 10.6 Å². The van der Waals surface area contributed by atoms with Gasteiger partial charge in [0.15, 0.2) is 0 Å². The topological polar surface area (TPSA) is 50.4 Å². The molecule has 0 unspecified atom stereocenters. The Labute approximate surface area is 136 Å². The molecule has 0 saturated carbocycles. The summed E-state index contributed by atoms with van der Waals surface area (Å²) in [5, 5.41) is 6.28. The summed E-state index contributed by atoms with van der Waals surface area (Å²) in [5.74, 6) is 0.573. The van der Waals surface area contributed by atoms with Crippen molar-refractivity contribution in [1.29, 1.82) is 0 Å². The van der Waals surface area contributed by atoms with Crippen LogP contribution in [0, 0.1) is 0 Å². The first-order chi connectivity index (χ1) is 11.3. The lowest BCUT2D eigenvalue weighted by Gasteiger charge is -2.24. The van der Waals surface area contributed by atoms with Crippen LogP contribution in [0.5, 0.6) is 5.75 Å². The lowest BCUT2D eigenvalue weighted by Crippen LogP contribution is -2.34. The highest BCUT2D eigenvalue weighted by Gasteiger charge is 2.18. The Bertz CT molecular complexity index is 637. The van der Waals surface area contributed by atoms with Gasteiger partial charge in [-0.3, -0.25) is 4.79 Å². The van der Waals surface area contributed by atoms with Crippen LogP contribution in [0.1, 0.15) is 28.8 Å². The van der Waals surface area contributed by atoms with Gasteiger partial charge in [0.1, 0.15) is 11.9 Å². The SMILES string of the molecule is O=C(NCc1ccccc1)c1ccccc1OC1CCNCC1. The molecule has 2 N–H and O–H groups in total. The number of benzene rings is 2. The largest absolute Gasteiger partial charge is 0.489 e. The maximum Gasteiger partial charge on any atom is 0.255 e. The normalized spacial score (nSPS) is 15.1. The summed E-state index contributed by atoms with van der Waals surface area (Å²) in [7, 11) is 0. The minimum atomic E-state index is -0.0987. The fraction of sp³-hybridized carbons (Fsp3) is 0.316. The molecule has 23 heavy (non-hydrogen) atoms. The Hall–Kier alpha value is -2.33. The first-order valence-corrected chi connectivity index (χ1v) is 8.11. The number of carbonyl (C=O) groups excluding carboxylic acids is 1. The fourth-order valence-corrected chi connectivity index (χ4v) is 2.72. The zero-order valence-corrected chi connectivity index (χ0v) is 13.1. The van der Waals surface area contributed by atoms with Gasteiger partial charge in [-0.1, -0.05) is 42.5 Å². The molecule has 0 atom stereocenters. The van der Waals surface area contributed by atoms with Gasteiger partial charge in [0.25, 0.3) is 5.91 Å². The van der Waals surface area contributed by atoms with E-state index in [9.17, 15) is 4.79 Å². The maximum absolute atomic E-state index is 12.5. The predicted molar refractivity (Wildman–Crippen MR) is 90.6 cm³/mol. The molecule has 0 aromatic heterocycles. The standard InChI is InChI=1S/C19H22N2O2/c22-19(21-14-15-6-2-1-3-7-15)17-8-4-5-9-18(17)23-16-10-12-20-13-11-16/h1-9,16,20H,10-14H2,(H,21,22). The highest BCUT2D eigenvalue weighted by atomic mass is 16.5. The molecule has 1 amide bonds. The molecule has 0 aliphatic carbocycles. The smallest absolute Gasteiger partial charge is 0.255 e. The second kappa shape index (κ2) is 7.79. The molecule has 1 fully saturated rings. The van der Waals surface area contributed by atoms with Gasteiger partial charge in [-0.25, -0.2) is 0 Å². The van der Waals surface area contributed by atoms with E-state index in [1.807, 2.05) is 54.6 Å². The lowest BCUT2D eigenvalue weighted by molar-refractivity contribution is 0.0940. The molecule has 2 aromatic carbocycles. The van der Waals surface area contributed by atoms with E-state index in [1.54, 1.807) is 0 Å². The minimum absolute atomic E-state index is 0.0987. The monoisotopic (exact) mass is 310 g/mol. The molecule has 4 heteroatoms. The van der Waals surface area contributed by atoms with E-state index in [0.29, 0.717) is 17.9 Å². The van der Waals surface area contributed by atoms with Crippen LogP contribution in [0.2, 0.25) is 0 Å². The molecule has 4 nitrogen and oxygen atoms in total. The molecular weight excluding hydrogens is 288 g/mol. The second-order valence-corrected chi connectivity index (χ2v) is 5.73. The number of hydrogen-bond donors (Lipinski definition) is 2. The Morgan fingerprint density at radius 3 is 2.52 bits per heavy atom. The third-order valence-corrected chi connectivity index (χ3v) is 4.01. The summed E-state index contributed by atoms with van der Waals surface area (Å²) in [6.07, 6.45) is 2.12. The highest BCUT2D eigenvalue weighted by Crippen LogP contribution is 2.22. The number of piperidine rings is 1. The van der Waals surface area contributed by atoms with Crippen molar-refractivity contribution in [2.24, 2.45) is 0 Å². The summed E-state index contributed by atoms with van der Waals surface area (Å²) in [6.45, 7) is 2.45. The number of carbonyl (C=O) groups is 1. The van der Waals surface area contributed by atoms with Crippen LogP contribution in [0.25, 0.3) is 0 Å². The van der Waals surface area contributed by atoms with Crippen molar-refractivity contribution in [2.75, 3.05) is 13.1 Å². The van der Waals surface area contributed by atoms with E-state index in [-0.39, 0.29) is 12.0 Å². The van der Waals surface area contributed by atoms with Crippen LogP contribution in [0.3, 0.4) is 0 Å². The van der Waals surface area contributed by atoms with Gasteiger partial charge < -0.3 is 15.4 Å². The maximum atomic E-state index is 12.5. The van der Waals surface area contributed by atoms with Gasteiger partial charge in [-0.2, -0.15) is 0 Å². The quantitative estimate of drug-likeness (QED) is 0.893. The Morgan fingerprint density at radius 1 is 1.04 bits per heavy atom. The molecule has 2 aromatic rings. The van der Waals surface area contributed by atoms with Crippen molar-refractivity contribution in [3.8, 4) is 5.75 Å². The van der Waals surface area contributed by atoms with Crippen LogP contribution >= 0.6 is 0 Å². The molecule has 1 aliphatic heterocycles. The first-order valence-electron chi connectivity index (χ1n) is 8.11. The summed E-state index contributed by atoms with van der Waals surface area (Å²) in [5.41, 5.74) is 1.68. The molecule has 0 radical (unpaired) electrons. The van der Waals surface area contributed by atoms with Crippen LogP contribution in [0.15, 0.2) is 54.6 Å². The van der Waals surface area contributed by atoms with Gasteiger partial charge in [-0.05, 0) is 43.6 Å². The molecule has 0 bridgehead atoms. The second-order valence-electron chi connectivity index (χ2n) is 5.73. The molecule has 0 spiro atoms. The van der Waals surface area contributed by atoms with Gasteiger partial charge in [-0.15, -0.1) is 0 Å². The number of amides is 1. The van der Waals surface area contributed by atoms with Crippen LogP contribution in [0.4, 0.5) is 0 Å². The van der Waals surface area contributed by atoms with E-state index < -0.39 is 0 Å². The van der Waals surface area contributed by atoms with Crippen molar-refractivity contribution >= 4 is 5.91 Å². The Kier molecular flexibility index (Phi) is 5.27. The Morgan fingerprint density at radius 2 is 1.74 bits per heavy atom. The summed E-state index contributed by atoms with van der Waals surface area (Å²) in [4.78, 5) is 12.5. The van der Waals surface area contributed by atoms with E-state index >= 15 is 0 Å². The zero-order chi connectivity index (χ0) is 15.9. The van der Waals surface area contributed by atoms with Crippen molar-refractivity contribution in [2.45, 2.75) is 25.5 Å². The first kappa shape index (κ1) is 15.6. The third-order valence-electron chi connectivity index (χ3n) is 4.01. The average Bonchev–Trinajstić information content (AvgIpc) is 2.62. The van der Waals surface area contributed by atoms with Gasteiger partial charge >= 0.3 is 0 Å². The van der Waals surface area contributed by atoms with Crippen molar-refractivity contribution in [3.63, 3.8) is 0 Å². The molecule has 120 valence electrons. The minimum Gasteiger partial charge on any atom is -0.489 e. The number of para-hydroxylation sites is 1. The molecule has 1 saturated heterocycles. The Balaban J connectivity index is 1.65. The third kappa shape index (κ3) is 4.33. The molecular formula is C19H22N2O2. The van der Waals surface area contributed by atoms with E-state index in [4.69, 9.17) is 4.74 Å². The van der Waals surface area contributed by atoms with Crippen LogP contribution in [-0.2, 0) is 6.54 Å². The average molecular weight is 310 g/mol. The lowest BCUT2D eigenvalue weighted by atomic mass is 10.1. The molecule has 1 heterocycles. The summed E-state index contributed by atoms with van der Waals surface area (Å²) >= 11 is 0. The van der Waals surface area contributed by atoms with Gasteiger partial charge in [0, 0.05) is 6.54 Å². The number of rotatable bonds is 5. The molecule has 1 aliphatic rings. The van der Waals surface area contributed by atoms with Crippen LogP contribution < -0.4 is 15.4 Å². The van der Waals surface area contributed by atoms with E-state index in [1.165, 1.54) is 0 Å².